The van der Waals surface area contributed by atoms with Crippen LogP contribution in [0, 0.1) is 0 Å². The lowest BCUT2D eigenvalue weighted by Crippen LogP contribution is -2.00. The van der Waals surface area contributed by atoms with E-state index in [1.54, 1.807) is 18.2 Å². The lowest BCUT2D eigenvalue weighted by atomic mass is 10.1. The monoisotopic (exact) mass is 203 g/mol. The second-order valence-electron chi connectivity index (χ2n) is 3.03. The van der Waals surface area contributed by atoms with Gasteiger partial charge in [0.1, 0.15) is 0 Å². The fraction of sp³-hybridized carbons (Fsp3) is 0.0909. The van der Waals surface area contributed by atoms with Crippen LogP contribution in [0.4, 0.5) is 0 Å². The summed E-state index contributed by atoms with van der Waals surface area (Å²) in [4.78, 5) is 14.9. The number of pyridine rings is 1. The molecule has 0 saturated carbocycles. The molecule has 0 spiro atoms. The Morgan fingerprint density at radius 3 is 2.60 bits per heavy atom. The highest BCUT2D eigenvalue weighted by Gasteiger charge is 2.11. The van der Waals surface area contributed by atoms with Crippen LogP contribution in [0.1, 0.15) is 10.4 Å². The highest BCUT2D eigenvalue weighted by Crippen LogP contribution is 2.25. The molecule has 0 atom stereocenters. The van der Waals surface area contributed by atoms with E-state index in [1.165, 1.54) is 13.3 Å². The third-order valence-corrected chi connectivity index (χ3v) is 2.18. The van der Waals surface area contributed by atoms with E-state index in [2.05, 4.69) is 4.98 Å². The van der Waals surface area contributed by atoms with E-state index in [1.807, 2.05) is 6.07 Å². The van der Waals surface area contributed by atoms with Crippen LogP contribution in [-0.2, 0) is 0 Å². The lowest BCUT2D eigenvalue weighted by molar-refractivity contribution is 0.0698. The van der Waals surface area contributed by atoms with Crippen molar-refractivity contribution < 1.29 is 14.6 Å². The van der Waals surface area contributed by atoms with Gasteiger partial charge in [0.2, 0.25) is 5.88 Å². The standard InChI is InChI=1S/C11H9NO3/c1-15-10-8-5-3-2-4-7(8)9(6-12-10)11(13)14/h2-6H,1H3,(H,13,14). The zero-order chi connectivity index (χ0) is 10.8. The number of hydrogen-bond acceptors (Lipinski definition) is 3. The van der Waals surface area contributed by atoms with Crippen molar-refractivity contribution in [2.45, 2.75) is 0 Å². The van der Waals surface area contributed by atoms with Gasteiger partial charge in [-0.2, -0.15) is 0 Å². The number of ether oxygens (including phenoxy) is 1. The minimum atomic E-state index is -0.985. The summed E-state index contributed by atoms with van der Waals surface area (Å²) in [7, 11) is 1.51. The van der Waals surface area contributed by atoms with Crippen LogP contribution in [0.5, 0.6) is 5.88 Å². The number of carboxylic acid groups (broad SMARTS) is 1. The van der Waals surface area contributed by atoms with Gasteiger partial charge in [-0.15, -0.1) is 0 Å². The molecule has 2 aromatic rings. The number of carbonyl (C=O) groups is 1. The molecule has 0 aliphatic carbocycles. The number of hydrogen-bond donors (Lipinski definition) is 1. The van der Waals surface area contributed by atoms with Crippen molar-refractivity contribution in [3.8, 4) is 5.88 Å². The molecule has 1 N–H and O–H groups in total. The first-order chi connectivity index (χ1) is 7.24. The number of methoxy groups -OCH3 is 1. The van der Waals surface area contributed by atoms with Crippen molar-refractivity contribution in [2.75, 3.05) is 7.11 Å². The fourth-order valence-electron chi connectivity index (χ4n) is 1.50. The van der Waals surface area contributed by atoms with Gasteiger partial charge in [-0.25, -0.2) is 9.78 Å². The molecule has 0 aliphatic rings. The van der Waals surface area contributed by atoms with Crippen molar-refractivity contribution in [3.63, 3.8) is 0 Å². The minimum absolute atomic E-state index is 0.186. The number of fused-ring (bicyclic) bond motifs is 1. The van der Waals surface area contributed by atoms with E-state index >= 15 is 0 Å². The van der Waals surface area contributed by atoms with Crippen molar-refractivity contribution in [2.24, 2.45) is 0 Å². The molecule has 0 aliphatic heterocycles. The molecule has 0 radical (unpaired) electrons. The summed E-state index contributed by atoms with van der Waals surface area (Å²) in [6, 6.07) is 7.13. The maximum absolute atomic E-state index is 10.9. The summed E-state index contributed by atoms with van der Waals surface area (Å²) >= 11 is 0. The van der Waals surface area contributed by atoms with E-state index in [0.717, 1.165) is 0 Å². The van der Waals surface area contributed by atoms with E-state index in [4.69, 9.17) is 9.84 Å². The van der Waals surface area contributed by atoms with Crippen LogP contribution in [0.15, 0.2) is 30.5 Å². The van der Waals surface area contributed by atoms with Gasteiger partial charge in [0.05, 0.1) is 12.7 Å². The average Bonchev–Trinajstić information content (AvgIpc) is 2.27. The van der Waals surface area contributed by atoms with Crippen molar-refractivity contribution in [1.29, 1.82) is 0 Å². The van der Waals surface area contributed by atoms with E-state index in [0.29, 0.717) is 16.7 Å². The summed E-state index contributed by atoms with van der Waals surface area (Å²) in [6.45, 7) is 0. The third-order valence-electron chi connectivity index (χ3n) is 2.18. The van der Waals surface area contributed by atoms with Gasteiger partial charge in [0.15, 0.2) is 0 Å². The molecule has 15 heavy (non-hydrogen) atoms. The largest absolute Gasteiger partial charge is 0.481 e. The molecule has 4 nitrogen and oxygen atoms in total. The van der Waals surface area contributed by atoms with Crippen molar-refractivity contribution >= 4 is 16.7 Å². The van der Waals surface area contributed by atoms with Gasteiger partial charge >= 0.3 is 5.97 Å². The number of carboxylic acids is 1. The summed E-state index contributed by atoms with van der Waals surface area (Å²) in [5.74, 6) is -0.544. The Kier molecular flexibility index (Phi) is 2.25. The fourth-order valence-corrected chi connectivity index (χ4v) is 1.50. The predicted molar refractivity (Wildman–Crippen MR) is 55.3 cm³/mol. The summed E-state index contributed by atoms with van der Waals surface area (Å²) in [6.07, 6.45) is 1.31. The number of aromatic nitrogens is 1. The van der Waals surface area contributed by atoms with E-state index in [-0.39, 0.29) is 5.56 Å². The van der Waals surface area contributed by atoms with Crippen molar-refractivity contribution in [1.82, 2.24) is 4.98 Å². The minimum Gasteiger partial charge on any atom is -0.481 e. The molecule has 2 rings (SSSR count). The zero-order valence-corrected chi connectivity index (χ0v) is 8.10. The zero-order valence-electron chi connectivity index (χ0n) is 8.10. The molecule has 0 fully saturated rings. The number of rotatable bonds is 2. The molecule has 76 valence electrons. The van der Waals surface area contributed by atoms with Crippen LogP contribution in [0.25, 0.3) is 10.8 Å². The maximum atomic E-state index is 10.9. The number of benzene rings is 1. The second-order valence-corrected chi connectivity index (χ2v) is 3.03. The number of nitrogens with zero attached hydrogens (tertiary/aromatic N) is 1. The highest BCUT2D eigenvalue weighted by atomic mass is 16.5. The number of aromatic carboxylic acids is 1. The Hall–Kier alpha value is -2.10. The first kappa shape index (κ1) is 9.45. The third kappa shape index (κ3) is 1.50. The molecule has 0 saturated heterocycles. The molecular weight excluding hydrogens is 194 g/mol. The van der Waals surface area contributed by atoms with Gasteiger partial charge in [-0.05, 0) is 6.07 Å². The van der Waals surface area contributed by atoms with Gasteiger partial charge in [-0.3, -0.25) is 0 Å². The van der Waals surface area contributed by atoms with E-state index in [9.17, 15) is 4.79 Å². The molecule has 0 amide bonds. The van der Waals surface area contributed by atoms with Crippen LogP contribution >= 0.6 is 0 Å². The Bertz CT molecular complexity index is 522. The van der Waals surface area contributed by atoms with Gasteiger partial charge in [0, 0.05) is 17.0 Å². The molecule has 1 aromatic carbocycles. The molecule has 1 aromatic heterocycles. The molecule has 4 heteroatoms. The highest BCUT2D eigenvalue weighted by molar-refractivity contribution is 6.04. The van der Waals surface area contributed by atoms with Crippen LogP contribution < -0.4 is 4.74 Å². The molecular formula is C11H9NO3. The Morgan fingerprint density at radius 2 is 2.00 bits per heavy atom. The lowest BCUT2D eigenvalue weighted by Gasteiger charge is -2.05. The Labute approximate surface area is 86.1 Å². The topological polar surface area (TPSA) is 59.4 Å². The summed E-state index contributed by atoms with van der Waals surface area (Å²) in [5.41, 5.74) is 0.186. The first-order valence-corrected chi connectivity index (χ1v) is 4.39. The average molecular weight is 203 g/mol. The SMILES string of the molecule is COc1ncc(C(=O)O)c2ccccc12. The molecule has 0 unspecified atom stereocenters. The first-order valence-electron chi connectivity index (χ1n) is 4.39. The maximum Gasteiger partial charge on any atom is 0.337 e. The Morgan fingerprint density at radius 1 is 1.33 bits per heavy atom. The van der Waals surface area contributed by atoms with Crippen LogP contribution in [0.2, 0.25) is 0 Å². The molecule has 1 heterocycles. The second kappa shape index (κ2) is 3.57. The quantitative estimate of drug-likeness (QED) is 0.810. The van der Waals surface area contributed by atoms with E-state index < -0.39 is 5.97 Å². The summed E-state index contributed by atoms with van der Waals surface area (Å²) in [5, 5.41) is 10.3. The predicted octanol–water partition coefficient (Wildman–Crippen LogP) is 1.94. The van der Waals surface area contributed by atoms with Gasteiger partial charge in [-0.1, -0.05) is 18.2 Å². The van der Waals surface area contributed by atoms with Crippen LogP contribution in [0.3, 0.4) is 0 Å². The van der Waals surface area contributed by atoms with Crippen molar-refractivity contribution in [3.05, 3.63) is 36.0 Å². The van der Waals surface area contributed by atoms with Gasteiger partial charge in [0.25, 0.3) is 0 Å². The summed E-state index contributed by atoms with van der Waals surface area (Å²) < 4.78 is 5.06. The van der Waals surface area contributed by atoms with Crippen LogP contribution in [-0.4, -0.2) is 23.2 Å². The Balaban J connectivity index is 2.83. The van der Waals surface area contributed by atoms with Gasteiger partial charge < -0.3 is 9.84 Å². The normalized spacial score (nSPS) is 10.2. The smallest absolute Gasteiger partial charge is 0.337 e. The molecule has 0 bridgehead atoms.